The van der Waals surface area contributed by atoms with Crippen molar-refractivity contribution in [1.29, 1.82) is 0 Å². The zero-order valence-electron chi connectivity index (χ0n) is 17.6. The molecule has 0 aliphatic carbocycles. The Labute approximate surface area is 183 Å². The normalized spacial score (nSPS) is 17.1. The van der Waals surface area contributed by atoms with Gasteiger partial charge in [-0.25, -0.2) is 17.5 Å². The van der Waals surface area contributed by atoms with Crippen molar-refractivity contribution < 1.29 is 17.6 Å². The van der Waals surface area contributed by atoms with Crippen molar-refractivity contribution in [3.05, 3.63) is 70.9 Å². The van der Waals surface area contributed by atoms with Gasteiger partial charge in [0, 0.05) is 37.5 Å². The van der Waals surface area contributed by atoms with Gasteiger partial charge in [-0.2, -0.15) is 0 Å². The molecular formula is C23H28FN3O3S. The molecule has 0 aromatic heterocycles. The Hall–Kier alpha value is -2.71. The maximum absolute atomic E-state index is 14.2. The van der Waals surface area contributed by atoms with Gasteiger partial charge in [0.15, 0.2) is 0 Å². The van der Waals surface area contributed by atoms with Crippen LogP contribution in [0.5, 0.6) is 0 Å². The number of hydrogen-bond acceptors (Lipinski definition) is 4. The highest BCUT2D eigenvalue weighted by Crippen LogP contribution is 2.24. The third kappa shape index (κ3) is 7.18. The number of amides is 1. The number of carbonyl (C=O) groups is 1. The molecule has 1 aliphatic heterocycles. The van der Waals surface area contributed by atoms with Crippen molar-refractivity contribution in [2.45, 2.75) is 32.2 Å². The molecule has 0 bridgehead atoms. The molecule has 2 aromatic carbocycles. The molecule has 166 valence electrons. The van der Waals surface area contributed by atoms with Crippen LogP contribution in [0.2, 0.25) is 0 Å². The molecule has 8 heteroatoms. The van der Waals surface area contributed by atoms with E-state index in [1.807, 2.05) is 36.1 Å². The van der Waals surface area contributed by atoms with E-state index in [2.05, 4.69) is 10.0 Å². The number of sulfonamides is 1. The first-order valence-electron chi connectivity index (χ1n) is 10.4. The van der Waals surface area contributed by atoms with E-state index in [4.69, 9.17) is 0 Å². The molecular weight excluding hydrogens is 417 g/mol. The maximum atomic E-state index is 14.2. The lowest BCUT2D eigenvalue weighted by atomic mass is 10.0. The van der Waals surface area contributed by atoms with Gasteiger partial charge in [-0.15, -0.1) is 0 Å². The smallest absolute Gasteiger partial charge is 0.233 e. The molecule has 6 nitrogen and oxygen atoms in total. The van der Waals surface area contributed by atoms with E-state index in [1.165, 1.54) is 12.1 Å². The number of carbonyl (C=O) groups excluding carboxylic acids is 1. The van der Waals surface area contributed by atoms with Crippen LogP contribution in [-0.4, -0.2) is 40.0 Å². The minimum Gasteiger partial charge on any atom is -0.367 e. The van der Waals surface area contributed by atoms with Gasteiger partial charge in [0.25, 0.3) is 0 Å². The van der Waals surface area contributed by atoms with E-state index >= 15 is 0 Å². The van der Waals surface area contributed by atoms with Crippen LogP contribution in [0.25, 0.3) is 6.08 Å². The van der Waals surface area contributed by atoms with Crippen molar-refractivity contribution in [1.82, 2.24) is 10.0 Å². The minimum atomic E-state index is -3.62. The van der Waals surface area contributed by atoms with Gasteiger partial charge in [-0.05, 0) is 49.1 Å². The van der Waals surface area contributed by atoms with E-state index in [0.29, 0.717) is 12.2 Å². The number of aryl methyl sites for hydroxylation is 1. The van der Waals surface area contributed by atoms with Gasteiger partial charge < -0.3 is 10.2 Å². The van der Waals surface area contributed by atoms with Crippen molar-refractivity contribution >= 4 is 27.7 Å². The summed E-state index contributed by atoms with van der Waals surface area (Å²) in [5.74, 6) is -0.498. The summed E-state index contributed by atoms with van der Waals surface area (Å²) >= 11 is 0. The second-order valence-corrected chi connectivity index (χ2v) is 9.36. The molecule has 1 unspecified atom stereocenters. The monoisotopic (exact) mass is 445 g/mol. The number of nitrogens with zero attached hydrogens (tertiary/aromatic N) is 1. The van der Waals surface area contributed by atoms with Crippen LogP contribution in [0.15, 0.2) is 53.9 Å². The molecule has 2 N–H and O–H groups in total. The molecule has 1 aliphatic rings. The predicted molar refractivity (Wildman–Crippen MR) is 122 cm³/mol. The van der Waals surface area contributed by atoms with Crippen molar-refractivity contribution in [2.75, 3.05) is 24.5 Å². The standard InChI is InChI=1S/C23H28FN3O3S/c1-18-9-10-21(24)22(16-18)27-14-5-8-20(17-27)26-23(28)11-13-25-31(29,30)15-12-19-6-3-2-4-7-19/h2-4,6-7,9-10,12,15-16,20,25H,5,8,11,13-14,17H2,1H3,(H,26,28)/b15-12+. The van der Waals surface area contributed by atoms with Crippen LogP contribution in [0.1, 0.15) is 30.4 Å². The van der Waals surface area contributed by atoms with Gasteiger partial charge in [0.2, 0.25) is 15.9 Å². The fourth-order valence-electron chi connectivity index (χ4n) is 3.57. The van der Waals surface area contributed by atoms with E-state index in [1.54, 1.807) is 18.2 Å². The Morgan fingerprint density at radius 2 is 2.00 bits per heavy atom. The molecule has 1 saturated heterocycles. The lowest BCUT2D eigenvalue weighted by Crippen LogP contribution is -2.48. The lowest BCUT2D eigenvalue weighted by Gasteiger charge is -2.35. The molecule has 1 heterocycles. The largest absolute Gasteiger partial charge is 0.367 e. The van der Waals surface area contributed by atoms with Gasteiger partial charge >= 0.3 is 0 Å². The molecule has 0 spiro atoms. The summed E-state index contributed by atoms with van der Waals surface area (Å²) in [4.78, 5) is 14.2. The van der Waals surface area contributed by atoms with E-state index < -0.39 is 10.0 Å². The topological polar surface area (TPSA) is 78.5 Å². The number of rotatable bonds is 8. The number of piperidine rings is 1. The van der Waals surface area contributed by atoms with Crippen LogP contribution >= 0.6 is 0 Å². The molecule has 2 aromatic rings. The van der Waals surface area contributed by atoms with Crippen LogP contribution in [0.4, 0.5) is 10.1 Å². The first-order chi connectivity index (χ1) is 14.8. The van der Waals surface area contributed by atoms with E-state index in [9.17, 15) is 17.6 Å². The number of benzene rings is 2. The van der Waals surface area contributed by atoms with E-state index in [-0.39, 0.29) is 30.7 Å². The summed E-state index contributed by atoms with van der Waals surface area (Å²) < 4.78 is 40.7. The summed E-state index contributed by atoms with van der Waals surface area (Å²) in [6.07, 6.45) is 3.19. The van der Waals surface area contributed by atoms with Gasteiger partial charge in [0.1, 0.15) is 5.82 Å². The third-order valence-corrected chi connectivity index (χ3v) is 6.22. The van der Waals surface area contributed by atoms with Gasteiger partial charge in [0.05, 0.1) is 5.69 Å². The van der Waals surface area contributed by atoms with Gasteiger partial charge in [-0.1, -0.05) is 36.4 Å². The molecule has 31 heavy (non-hydrogen) atoms. The fourth-order valence-corrected chi connectivity index (χ4v) is 4.38. The number of halogens is 1. The Bertz CT molecular complexity index is 1030. The van der Waals surface area contributed by atoms with Crippen LogP contribution in [0, 0.1) is 12.7 Å². The Balaban J connectivity index is 1.46. The summed E-state index contributed by atoms with van der Waals surface area (Å²) in [6.45, 7) is 3.19. The summed E-state index contributed by atoms with van der Waals surface area (Å²) in [5, 5.41) is 4.03. The maximum Gasteiger partial charge on any atom is 0.233 e. The van der Waals surface area contributed by atoms with Gasteiger partial charge in [-0.3, -0.25) is 4.79 Å². The minimum absolute atomic E-state index is 0.0102. The summed E-state index contributed by atoms with van der Waals surface area (Å²) in [6, 6.07) is 14.0. The predicted octanol–water partition coefficient (Wildman–Crippen LogP) is 3.20. The Kier molecular flexibility index (Phi) is 7.81. The first-order valence-corrected chi connectivity index (χ1v) is 11.9. The lowest BCUT2D eigenvalue weighted by molar-refractivity contribution is -0.121. The molecule has 0 radical (unpaired) electrons. The fraction of sp³-hybridized carbons (Fsp3) is 0.348. The highest BCUT2D eigenvalue weighted by atomic mass is 32.2. The molecule has 1 amide bonds. The Morgan fingerprint density at radius 3 is 2.77 bits per heavy atom. The zero-order chi connectivity index (χ0) is 22.3. The highest BCUT2D eigenvalue weighted by Gasteiger charge is 2.23. The third-order valence-electron chi connectivity index (χ3n) is 5.12. The van der Waals surface area contributed by atoms with E-state index in [0.717, 1.165) is 35.9 Å². The molecule has 1 fully saturated rings. The SMILES string of the molecule is Cc1ccc(F)c(N2CCCC(NC(=O)CCNS(=O)(=O)/C=C/c3ccccc3)C2)c1. The van der Waals surface area contributed by atoms with Crippen LogP contribution in [0.3, 0.4) is 0 Å². The summed E-state index contributed by atoms with van der Waals surface area (Å²) in [5.41, 5.74) is 2.31. The van der Waals surface area contributed by atoms with Crippen molar-refractivity contribution in [2.24, 2.45) is 0 Å². The average molecular weight is 446 g/mol. The van der Waals surface area contributed by atoms with Crippen LogP contribution < -0.4 is 14.9 Å². The molecule has 0 saturated carbocycles. The second-order valence-electron chi connectivity index (χ2n) is 7.71. The summed E-state index contributed by atoms with van der Waals surface area (Å²) in [7, 11) is -3.62. The highest BCUT2D eigenvalue weighted by molar-refractivity contribution is 7.92. The first kappa shape index (κ1) is 23.0. The second kappa shape index (κ2) is 10.5. The molecule has 3 rings (SSSR count). The average Bonchev–Trinajstić information content (AvgIpc) is 2.75. The van der Waals surface area contributed by atoms with Crippen LogP contribution in [-0.2, 0) is 14.8 Å². The quantitative estimate of drug-likeness (QED) is 0.654. The van der Waals surface area contributed by atoms with Crippen molar-refractivity contribution in [3.63, 3.8) is 0 Å². The van der Waals surface area contributed by atoms with Crippen molar-refractivity contribution in [3.8, 4) is 0 Å². The number of nitrogens with one attached hydrogen (secondary N) is 2. The Morgan fingerprint density at radius 1 is 1.23 bits per heavy atom. The molecule has 1 atom stereocenters. The zero-order valence-corrected chi connectivity index (χ0v) is 18.4. The number of anilines is 1. The number of hydrogen-bond donors (Lipinski definition) is 2.